The van der Waals surface area contributed by atoms with E-state index < -0.39 is 0 Å². The van der Waals surface area contributed by atoms with Crippen LogP contribution < -0.4 is 10.8 Å². The highest BCUT2D eigenvalue weighted by molar-refractivity contribution is 6.56. The molecule has 0 saturated heterocycles. The third-order valence-electron chi connectivity index (χ3n) is 2.45. The Morgan fingerprint density at radius 2 is 2.31 bits per heavy atom. The summed E-state index contributed by atoms with van der Waals surface area (Å²) in [5, 5.41) is 8.15. The molecule has 1 aromatic heterocycles. The largest absolute Gasteiger partial charge is 0.393 e. The van der Waals surface area contributed by atoms with Gasteiger partial charge in [-0.3, -0.25) is 9.48 Å². The molecule has 0 radical (unpaired) electrons. The predicted octanol–water partition coefficient (Wildman–Crippen LogP) is -0.148. The molecule has 0 aliphatic heterocycles. The smallest absolute Gasteiger partial charge is 0.295 e. The molecule has 1 aromatic carbocycles. The molecule has 0 fully saturated rings. The molecule has 5 heteroatoms. The minimum atomic E-state index is -0.185. The molecule has 0 saturated carbocycles. The van der Waals surface area contributed by atoms with Gasteiger partial charge in [-0.2, -0.15) is 5.10 Å². The Balaban J connectivity index is 2.31. The van der Waals surface area contributed by atoms with Crippen molar-refractivity contribution < 1.29 is 4.79 Å². The second-order valence-electron chi connectivity index (χ2n) is 3.51. The number of fused-ring (bicyclic) bond motifs is 1. The number of aryl methyl sites for hydroxylation is 1. The van der Waals surface area contributed by atoms with Gasteiger partial charge in [-0.25, -0.2) is 0 Å². The minimum absolute atomic E-state index is 0.185. The lowest BCUT2D eigenvalue weighted by Gasteiger charge is -1.96. The van der Waals surface area contributed by atoms with Crippen LogP contribution in [0, 0.1) is 0 Å². The lowest BCUT2D eigenvalue weighted by Crippen LogP contribution is -2.35. The number of nitrogens with one attached hydrogen (secondary N) is 1. The van der Waals surface area contributed by atoms with Gasteiger partial charge in [0.1, 0.15) is 0 Å². The quantitative estimate of drug-likeness (QED) is 0.569. The molecular weight excluding hydrogens is 201 g/mol. The molecule has 2 rings (SSSR count). The van der Waals surface area contributed by atoms with E-state index in [1.165, 1.54) is 6.08 Å². The topological polar surface area (TPSA) is 46.9 Å². The van der Waals surface area contributed by atoms with Crippen molar-refractivity contribution in [3.05, 3.63) is 36.9 Å². The van der Waals surface area contributed by atoms with Gasteiger partial charge >= 0.3 is 0 Å². The van der Waals surface area contributed by atoms with Crippen molar-refractivity contribution in [1.29, 1.82) is 0 Å². The van der Waals surface area contributed by atoms with Gasteiger partial charge in [-0.1, -0.05) is 24.8 Å². The number of aromatic nitrogens is 2. The summed E-state index contributed by atoms with van der Waals surface area (Å²) in [5.74, 6) is -0.185. The van der Waals surface area contributed by atoms with Gasteiger partial charge < -0.3 is 5.23 Å². The van der Waals surface area contributed by atoms with E-state index in [0.717, 1.165) is 16.5 Å². The van der Waals surface area contributed by atoms with Gasteiger partial charge in [0.2, 0.25) is 5.91 Å². The van der Waals surface area contributed by atoms with Gasteiger partial charge in [0.25, 0.3) is 7.41 Å². The Kier molecular flexibility index (Phi) is 2.77. The maximum atomic E-state index is 11.1. The first-order valence-corrected chi connectivity index (χ1v) is 5.03. The lowest BCUT2D eigenvalue weighted by molar-refractivity contribution is -0.114. The van der Waals surface area contributed by atoms with Crippen LogP contribution in [0.5, 0.6) is 0 Å². The highest BCUT2D eigenvalue weighted by Gasteiger charge is 2.09. The van der Waals surface area contributed by atoms with Crippen molar-refractivity contribution >= 4 is 29.8 Å². The van der Waals surface area contributed by atoms with Crippen molar-refractivity contribution in [2.24, 2.45) is 7.05 Å². The number of benzene rings is 1. The molecule has 0 spiro atoms. The first-order valence-electron chi connectivity index (χ1n) is 5.03. The van der Waals surface area contributed by atoms with Crippen molar-refractivity contribution in [1.82, 2.24) is 15.0 Å². The monoisotopic (exact) mass is 213 g/mol. The van der Waals surface area contributed by atoms with Crippen LogP contribution in [0.25, 0.3) is 10.9 Å². The maximum absolute atomic E-state index is 11.1. The van der Waals surface area contributed by atoms with E-state index in [0.29, 0.717) is 7.41 Å². The predicted molar refractivity (Wildman–Crippen MR) is 65.8 cm³/mol. The van der Waals surface area contributed by atoms with E-state index in [9.17, 15) is 4.79 Å². The highest BCUT2D eigenvalue weighted by atomic mass is 16.1. The van der Waals surface area contributed by atoms with Crippen LogP contribution in [-0.4, -0.2) is 23.1 Å². The number of nitrogens with zero attached hydrogens (tertiary/aromatic N) is 2. The Labute approximate surface area is 94.2 Å². The molecule has 0 aliphatic carbocycles. The second kappa shape index (κ2) is 4.22. The maximum Gasteiger partial charge on any atom is 0.295 e. The van der Waals surface area contributed by atoms with E-state index in [-0.39, 0.29) is 5.91 Å². The average Bonchev–Trinajstić information content (AvgIpc) is 2.64. The molecule has 16 heavy (non-hydrogen) atoms. The van der Waals surface area contributed by atoms with Crippen LogP contribution in [-0.2, 0) is 11.8 Å². The molecule has 0 bridgehead atoms. The molecule has 1 amide bonds. The number of carbonyl (C=O) groups is 1. The lowest BCUT2D eigenvalue weighted by atomic mass is 9.86. The summed E-state index contributed by atoms with van der Waals surface area (Å²) < 4.78 is 1.81. The number of para-hydroxylation sites is 1. The van der Waals surface area contributed by atoms with Crippen molar-refractivity contribution in [3.63, 3.8) is 0 Å². The SMILES string of the molecule is C=CC(=O)NBc1nn(C)c2ccccc12. The number of carbonyl (C=O) groups excluding carboxylic acids is 1. The molecule has 0 unspecified atom stereocenters. The fourth-order valence-corrected chi connectivity index (χ4v) is 1.66. The number of hydrogen-bond donors (Lipinski definition) is 1. The molecular formula is C11H12BN3O. The first-order chi connectivity index (χ1) is 7.72. The Hall–Kier alpha value is -2.04. The first kappa shape index (κ1) is 10.5. The molecule has 1 heterocycles. The zero-order chi connectivity index (χ0) is 11.5. The van der Waals surface area contributed by atoms with Gasteiger partial charge in [0.15, 0.2) is 0 Å². The summed E-state index contributed by atoms with van der Waals surface area (Å²) in [5.41, 5.74) is 1.93. The van der Waals surface area contributed by atoms with E-state index in [2.05, 4.69) is 16.9 Å². The minimum Gasteiger partial charge on any atom is -0.393 e. The van der Waals surface area contributed by atoms with Gasteiger partial charge in [0, 0.05) is 12.4 Å². The van der Waals surface area contributed by atoms with Gasteiger partial charge in [-0.05, 0) is 12.1 Å². The van der Waals surface area contributed by atoms with E-state index >= 15 is 0 Å². The molecule has 2 aromatic rings. The van der Waals surface area contributed by atoms with E-state index in [1.807, 2.05) is 36.0 Å². The molecule has 80 valence electrons. The third kappa shape index (κ3) is 1.84. The van der Waals surface area contributed by atoms with Crippen LogP contribution in [0.15, 0.2) is 36.9 Å². The zero-order valence-corrected chi connectivity index (χ0v) is 9.10. The summed E-state index contributed by atoms with van der Waals surface area (Å²) in [4.78, 5) is 11.1. The van der Waals surface area contributed by atoms with E-state index in [1.54, 1.807) is 0 Å². The normalized spacial score (nSPS) is 10.1. The summed E-state index contributed by atoms with van der Waals surface area (Å²) in [6.07, 6.45) is 1.26. The fourth-order valence-electron chi connectivity index (χ4n) is 1.66. The van der Waals surface area contributed by atoms with Gasteiger partial charge in [-0.15, -0.1) is 0 Å². The standard InChI is InChI=1S/C11H12BN3O/c1-3-10(16)13-12-11-8-6-4-5-7-9(8)15(2)14-11/h3-7,12H,1H2,2H3,(H,13,16). The third-order valence-corrected chi connectivity index (χ3v) is 2.45. The number of hydrogen-bond acceptors (Lipinski definition) is 2. The van der Waals surface area contributed by atoms with Crippen LogP contribution in [0.3, 0.4) is 0 Å². The molecule has 0 atom stereocenters. The summed E-state index contributed by atoms with van der Waals surface area (Å²) in [6, 6.07) is 7.93. The van der Waals surface area contributed by atoms with Crippen molar-refractivity contribution in [3.8, 4) is 0 Å². The summed E-state index contributed by atoms with van der Waals surface area (Å²) in [7, 11) is 2.31. The molecule has 0 aliphatic rings. The zero-order valence-electron chi connectivity index (χ0n) is 9.10. The highest BCUT2D eigenvalue weighted by Crippen LogP contribution is 2.08. The molecule has 1 N–H and O–H groups in total. The number of amides is 1. The van der Waals surface area contributed by atoms with Gasteiger partial charge in [0.05, 0.1) is 11.1 Å². The van der Waals surface area contributed by atoms with Crippen LogP contribution in [0.4, 0.5) is 0 Å². The Morgan fingerprint density at radius 1 is 1.56 bits per heavy atom. The summed E-state index contributed by atoms with van der Waals surface area (Å²) >= 11 is 0. The number of rotatable bonds is 3. The van der Waals surface area contributed by atoms with E-state index in [4.69, 9.17) is 0 Å². The van der Waals surface area contributed by atoms with Crippen molar-refractivity contribution in [2.75, 3.05) is 0 Å². The fraction of sp³-hybridized carbons (Fsp3) is 0.0909. The van der Waals surface area contributed by atoms with Crippen LogP contribution >= 0.6 is 0 Å². The summed E-state index contributed by atoms with van der Waals surface area (Å²) in [6.45, 7) is 3.40. The Bertz CT molecular complexity index is 547. The van der Waals surface area contributed by atoms with Crippen LogP contribution in [0.1, 0.15) is 0 Å². The van der Waals surface area contributed by atoms with Crippen molar-refractivity contribution in [2.45, 2.75) is 0 Å². The van der Waals surface area contributed by atoms with Crippen LogP contribution in [0.2, 0.25) is 0 Å². The molecule has 4 nitrogen and oxygen atoms in total. The Morgan fingerprint density at radius 3 is 3.06 bits per heavy atom. The second-order valence-corrected chi connectivity index (χ2v) is 3.51. The average molecular weight is 213 g/mol.